The first kappa shape index (κ1) is 25.6. The van der Waals surface area contributed by atoms with Gasteiger partial charge in [0.15, 0.2) is 15.1 Å². The Kier molecular flexibility index (Phi) is 8.47. The molecule has 0 saturated heterocycles. The first-order valence-corrected chi connectivity index (χ1v) is 12.5. The number of carbonyl (C=O) groups is 2. The third-order valence-electron chi connectivity index (χ3n) is 5.76. The van der Waals surface area contributed by atoms with E-state index < -0.39 is 37.9 Å². The average Bonchev–Trinajstić information content (AvgIpc) is 2.84. The van der Waals surface area contributed by atoms with E-state index in [-0.39, 0.29) is 29.8 Å². The van der Waals surface area contributed by atoms with Crippen molar-refractivity contribution in [1.29, 1.82) is 0 Å². The quantitative estimate of drug-likeness (QED) is 0.312. The first-order chi connectivity index (χ1) is 13.3. The van der Waals surface area contributed by atoms with Gasteiger partial charge in [0, 0.05) is 21.1 Å². The monoisotopic (exact) mass is 432 g/mol. The summed E-state index contributed by atoms with van der Waals surface area (Å²) in [5.74, 6) is -0.768. The summed E-state index contributed by atoms with van der Waals surface area (Å²) in [6, 6.07) is 0. The van der Waals surface area contributed by atoms with Gasteiger partial charge in [-0.15, -0.1) is 0 Å². The number of ether oxygens (including phenoxy) is 5. The predicted molar refractivity (Wildman–Crippen MR) is 110 cm³/mol. The van der Waals surface area contributed by atoms with Crippen LogP contribution in [0.15, 0.2) is 11.3 Å². The van der Waals surface area contributed by atoms with Crippen molar-refractivity contribution in [2.75, 3.05) is 34.7 Å². The maximum absolute atomic E-state index is 12.8. The molecule has 0 N–H and O–H groups in total. The molecular formula is C20H36O8Si. The molecule has 1 aliphatic carbocycles. The van der Waals surface area contributed by atoms with E-state index in [2.05, 4.69) is 33.9 Å². The molecule has 1 aliphatic rings. The van der Waals surface area contributed by atoms with E-state index in [0.717, 1.165) is 0 Å². The van der Waals surface area contributed by atoms with Crippen LogP contribution in [-0.2, 0) is 37.7 Å². The zero-order valence-corrected chi connectivity index (χ0v) is 20.3. The molecule has 0 bridgehead atoms. The van der Waals surface area contributed by atoms with Crippen molar-refractivity contribution in [3.05, 3.63) is 11.3 Å². The molecule has 0 amide bonds. The standard InChI is InChI=1S/C20H36O8Si/c1-13(21)26-11-20(5)14(18(22)25-8)15(27-12-23-6)16(24-7)17(20)28-29(9,10)19(2,3)4/h16-17H,11-12H2,1-10H3/t16-,17+,20+/m0/s1. The molecule has 0 spiro atoms. The van der Waals surface area contributed by atoms with Gasteiger partial charge in [-0.2, -0.15) is 0 Å². The molecule has 0 aromatic carbocycles. The van der Waals surface area contributed by atoms with Gasteiger partial charge in [0.25, 0.3) is 0 Å². The Morgan fingerprint density at radius 1 is 1.14 bits per heavy atom. The number of methoxy groups -OCH3 is 3. The Morgan fingerprint density at radius 3 is 2.14 bits per heavy atom. The van der Waals surface area contributed by atoms with Crippen molar-refractivity contribution in [3.63, 3.8) is 0 Å². The molecular weight excluding hydrogens is 396 g/mol. The number of hydrogen-bond donors (Lipinski definition) is 0. The van der Waals surface area contributed by atoms with Crippen molar-refractivity contribution in [3.8, 4) is 0 Å². The molecule has 8 nitrogen and oxygen atoms in total. The molecule has 29 heavy (non-hydrogen) atoms. The summed E-state index contributed by atoms with van der Waals surface area (Å²) in [7, 11) is 2.00. The van der Waals surface area contributed by atoms with E-state index >= 15 is 0 Å². The minimum atomic E-state index is -2.29. The van der Waals surface area contributed by atoms with Gasteiger partial charge in [0.1, 0.15) is 18.5 Å². The van der Waals surface area contributed by atoms with Gasteiger partial charge >= 0.3 is 11.9 Å². The van der Waals surface area contributed by atoms with E-state index in [1.807, 2.05) is 0 Å². The summed E-state index contributed by atoms with van der Waals surface area (Å²) in [4.78, 5) is 24.4. The van der Waals surface area contributed by atoms with Crippen LogP contribution in [0.5, 0.6) is 0 Å². The smallest absolute Gasteiger partial charge is 0.338 e. The van der Waals surface area contributed by atoms with Gasteiger partial charge in [-0.1, -0.05) is 20.8 Å². The lowest BCUT2D eigenvalue weighted by atomic mass is 9.81. The third-order valence-corrected chi connectivity index (χ3v) is 10.2. The first-order valence-electron chi connectivity index (χ1n) is 9.55. The maximum atomic E-state index is 12.8. The highest BCUT2D eigenvalue weighted by Crippen LogP contribution is 2.50. The average molecular weight is 433 g/mol. The highest BCUT2D eigenvalue weighted by molar-refractivity contribution is 6.74. The highest BCUT2D eigenvalue weighted by atomic mass is 28.4. The van der Waals surface area contributed by atoms with Crippen LogP contribution in [0.25, 0.3) is 0 Å². The van der Waals surface area contributed by atoms with Crippen LogP contribution in [0.1, 0.15) is 34.6 Å². The Balaban J connectivity index is 3.58. The number of carbonyl (C=O) groups excluding carboxylic acids is 2. The van der Waals surface area contributed by atoms with E-state index in [1.165, 1.54) is 28.3 Å². The van der Waals surface area contributed by atoms with E-state index in [4.69, 9.17) is 28.1 Å². The molecule has 0 heterocycles. The molecule has 168 valence electrons. The lowest BCUT2D eigenvalue weighted by Gasteiger charge is -2.44. The van der Waals surface area contributed by atoms with Crippen molar-refractivity contribution in [2.45, 2.75) is 65.0 Å². The Bertz CT molecular complexity index is 637. The van der Waals surface area contributed by atoms with Crippen LogP contribution >= 0.6 is 0 Å². The number of rotatable bonds is 9. The molecule has 0 saturated carbocycles. The molecule has 0 aromatic heterocycles. The topological polar surface area (TPSA) is 89.5 Å². The Morgan fingerprint density at radius 2 is 1.72 bits per heavy atom. The van der Waals surface area contributed by atoms with E-state index in [1.54, 1.807) is 6.92 Å². The van der Waals surface area contributed by atoms with Crippen molar-refractivity contribution in [2.24, 2.45) is 5.41 Å². The van der Waals surface area contributed by atoms with Crippen LogP contribution in [0.2, 0.25) is 18.1 Å². The molecule has 0 unspecified atom stereocenters. The minimum Gasteiger partial charge on any atom is -0.468 e. The molecule has 9 heteroatoms. The summed E-state index contributed by atoms with van der Waals surface area (Å²) in [6.45, 7) is 13.5. The molecule has 0 fully saturated rings. The summed E-state index contributed by atoms with van der Waals surface area (Å²) in [5.41, 5.74) is -0.799. The normalized spacial score (nSPS) is 25.2. The second-order valence-electron chi connectivity index (χ2n) is 8.93. The fourth-order valence-electron chi connectivity index (χ4n) is 3.07. The van der Waals surface area contributed by atoms with Crippen LogP contribution in [0.3, 0.4) is 0 Å². The fourth-order valence-corrected chi connectivity index (χ4v) is 4.44. The molecule has 0 aromatic rings. The SMILES string of the molecule is COCOC1=C(C(=O)OC)[C@@](C)(COC(C)=O)[C@H](O[Si](C)(C)C(C)(C)C)[C@H]1OC. The van der Waals surface area contributed by atoms with Crippen LogP contribution in [0.4, 0.5) is 0 Å². The van der Waals surface area contributed by atoms with Gasteiger partial charge in [-0.05, 0) is 25.1 Å². The van der Waals surface area contributed by atoms with Gasteiger partial charge < -0.3 is 28.1 Å². The van der Waals surface area contributed by atoms with Gasteiger partial charge in [0.05, 0.1) is 24.2 Å². The van der Waals surface area contributed by atoms with E-state index in [0.29, 0.717) is 0 Å². The van der Waals surface area contributed by atoms with Crippen molar-refractivity contribution >= 4 is 20.3 Å². The zero-order chi connectivity index (χ0) is 22.6. The third kappa shape index (κ3) is 5.39. The van der Waals surface area contributed by atoms with E-state index in [9.17, 15) is 9.59 Å². The van der Waals surface area contributed by atoms with Gasteiger partial charge in [-0.25, -0.2) is 4.79 Å². The Labute approximate surface area is 174 Å². The highest BCUT2D eigenvalue weighted by Gasteiger charge is 2.59. The second kappa shape index (κ2) is 9.59. The predicted octanol–water partition coefficient (Wildman–Crippen LogP) is 3.02. The second-order valence-corrected chi connectivity index (χ2v) is 13.7. The van der Waals surface area contributed by atoms with Crippen LogP contribution in [-0.4, -0.2) is 67.2 Å². The number of esters is 2. The number of hydrogen-bond acceptors (Lipinski definition) is 8. The largest absolute Gasteiger partial charge is 0.468 e. The van der Waals surface area contributed by atoms with Crippen LogP contribution in [0, 0.1) is 5.41 Å². The van der Waals surface area contributed by atoms with Crippen LogP contribution < -0.4 is 0 Å². The van der Waals surface area contributed by atoms with Crippen molar-refractivity contribution in [1.82, 2.24) is 0 Å². The van der Waals surface area contributed by atoms with Crippen molar-refractivity contribution < 1.29 is 37.7 Å². The van der Waals surface area contributed by atoms with Gasteiger partial charge in [0.2, 0.25) is 0 Å². The molecule has 3 atom stereocenters. The van der Waals surface area contributed by atoms with Gasteiger partial charge in [-0.3, -0.25) is 4.79 Å². The molecule has 1 rings (SSSR count). The summed E-state index contributed by atoms with van der Waals surface area (Å²) in [5, 5.41) is -0.0881. The molecule has 0 radical (unpaired) electrons. The minimum absolute atomic E-state index is 0.0772. The fraction of sp³-hybridized carbons (Fsp3) is 0.800. The Hall–Kier alpha value is -1.42. The lowest BCUT2D eigenvalue weighted by Crippen LogP contribution is -2.53. The summed E-state index contributed by atoms with van der Waals surface area (Å²) < 4.78 is 33.6. The maximum Gasteiger partial charge on any atom is 0.338 e. The molecule has 0 aliphatic heterocycles. The summed E-state index contributed by atoms with van der Waals surface area (Å²) >= 11 is 0. The lowest BCUT2D eigenvalue weighted by molar-refractivity contribution is -0.149. The zero-order valence-electron chi connectivity index (χ0n) is 19.3. The summed E-state index contributed by atoms with van der Waals surface area (Å²) in [6.07, 6.45) is -1.30.